The lowest BCUT2D eigenvalue weighted by Gasteiger charge is -2.26. The molecule has 63 heavy (non-hydrogen) atoms. The van der Waals surface area contributed by atoms with Gasteiger partial charge in [-0.2, -0.15) is 0 Å². The quantitative estimate of drug-likeness (QED) is 0.151. The molecule has 3 heteroatoms. The van der Waals surface area contributed by atoms with Gasteiger partial charge < -0.3 is 4.90 Å². The van der Waals surface area contributed by atoms with E-state index in [1.807, 2.05) is 22.7 Å². The monoisotopic (exact) mass is 835 g/mol. The van der Waals surface area contributed by atoms with Gasteiger partial charge in [0.1, 0.15) is 0 Å². The average Bonchev–Trinajstić information content (AvgIpc) is 3.93. The van der Waals surface area contributed by atoms with Crippen LogP contribution in [0.3, 0.4) is 0 Å². The number of hydrogen-bond acceptors (Lipinski definition) is 3. The van der Waals surface area contributed by atoms with E-state index in [2.05, 4.69) is 229 Å². The molecule has 11 aromatic carbocycles. The molecule has 0 aliphatic carbocycles. The predicted octanol–water partition coefficient (Wildman–Crippen LogP) is 18.4. The van der Waals surface area contributed by atoms with Crippen molar-refractivity contribution in [1.29, 1.82) is 0 Å². The minimum atomic E-state index is 1.11. The molecule has 0 bridgehead atoms. The van der Waals surface area contributed by atoms with Crippen LogP contribution in [0.4, 0.5) is 17.1 Å². The Kier molecular flexibility index (Phi) is 8.33. The fourth-order valence-electron chi connectivity index (χ4n) is 9.81. The first-order valence-electron chi connectivity index (χ1n) is 21.5. The molecule has 0 saturated carbocycles. The van der Waals surface area contributed by atoms with Crippen molar-refractivity contribution in [2.24, 2.45) is 0 Å². The van der Waals surface area contributed by atoms with Crippen molar-refractivity contribution in [3.63, 3.8) is 0 Å². The van der Waals surface area contributed by atoms with Crippen LogP contribution in [0.2, 0.25) is 0 Å². The lowest BCUT2D eigenvalue weighted by atomic mass is 9.92. The molecule has 13 aromatic rings. The molecule has 0 radical (unpaired) electrons. The summed E-state index contributed by atoms with van der Waals surface area (Å²) in [5, 5.41) is 13.0. The zero-order valence-electron chi connectivity index (χ0n) is 34.1. The van der Waals surface area contributed by atoms with Gasteiger partial charge in [-0.15, -0.1) is 22.7 Å². The lowest BCUT2D eigenvalue weighted by molar-refractivity contribution is 1.28. The zero-order valence-corrected chi connectivity index (χ0v) is 35.8. The zero-order chi connectivity index (χ0) is 41.4. The summed E-state index contributed by atoms with van der Waals surface area (Å²) in [7, 11) is 0. The fourth-order valence-corrected chi connectivity index (χ4v) is 12.1. The molecule has 0 amide bonds. The third-order valence-electron chi connectivity index (χ3n) is 12.9. The van der Waals surface area contributed by atoms with Gasteiger partial charge in [0.25, 0.3) is 0 Å². The molecule has 0 fully saturated rings. The lowest BCUT2D eigenvalue weighted by Crippen LogP contribution is -2.09. The second kappa shape index (κ2) is 14.5. The summed E-state index contributed by atoms with van der Waals surface area (Å²) in [6, 6.07) is 82.9. The summed E-state index contributed by atoms with van der Waals surface area (Å²) >= 11 is 3.74. The van der Waals surface area contributed by atoms with E-state index in [4.69, 9.17) is 0 Å². The maximum absolute atomic E-state index is 2.38. The van der Waals surface area contributed by atoms with E-state index in [9.17, 15) is 0 Å². The Morgan fingerprint density at radius 3 is 1.22 bits per heavy atom. The van der Waals surface area contributed by atoms with Crippen LogP contribution in [0.25, 0.3) is 106 Å². The maximum atomic E-state index is 2.38. The molecule has 0 aliphatic rings. The molecule has 13 rings (SSSR count). The SMILES string of the molecule is c1ccc2c(c1)sc1ccc(-c3ccc(N(c4ccc(-c5ccc6c7ccccc7c7ccccc7c6c5)cc4)c4ccc(-c5cccc6c5sc5ccccc56)cc4)cc3)cc12. The third-order valence-corrected chi connectivity index (χ3v) is 15.3. The first-order chi connectivity index (χ1) is 31.2. The maximum Gasteiger partial charge on any atom is 0.0462 e. The Hall–Kier alpha value is -7.56. The van der Waals surface area contributed by atoms with E-state index >= 15 is 0 Å². The first-order valence-corrected chi connectivity index (χ1v) is 23.1. The molecule has 2 heterocycles. The highest BCUT2D eigenvalue weighted by molar-refractivity contribution is 7.26. The molecule has 0 saturated heterocycles. The summed E-state index contributed by atoms with van der Waals surface area (Å²) in [6.45, 7) is 0. The number of anilines is 3. The van der Waals surface area contributed by atoms with Crippen molar-refractivity contribution < 1.29 is 0 Å². The number of thiophene rings is 2. The van der Waals surface area contributed by atoms with Gasteiger partial charge in [-0.1, -0.05) is 158 Å². The molecule has 0 N–H and O–H groups in total. The highest BCUT2D eigenvalue weighted by Crippen LogP contribution is 2.43. The second-order valence-electron chi connectivity index (χ2n) is 16.4. The van der Waals surface area contributed by atoms with E-state index in [0.717, 1.165) is 17.1 Å². The molecule has 294 valence electrons. The summed E-state index contributed by atoms with van der Waals surface area (Å²) in [5.74, 6) is 0. The summed E-state index contributed by atoms with van der Waals surface area (Å²) in [4.78, 5) is 2.38. The van der Waals surface area contributed by atoms with Gasteiger partial charge in [-0.3, -0.25) is 0 Å². The summed E-state index contributed by atoms with van der Waals surface area (Å²) in [5.41, 5.74) is 10.6. The molecule has 0 unspecified atom stereocenters. The number of fused-ring (bicyclic) bond motifs is 12. The Balaban J connectivity index is 0.900. The fraction of sp³-hybridized carbons (Fsp3) is 0. The van der Waals surface area contributed by atoms with Gasteiger partial charge in [0, 0.05) is 57.4 Å². The average molecular weight is 836 g/mol. The van der Waals surface area contributed by atoms with Gasteiger partial charge in [0.15, 0.2) is 0 Å². The minimum absolute atomic E-state index is 1.11. The summed E-state index contributed by atoms with van der Waals surface area (Å²) in [6.07, 6.45) is 0. The Labute approximate surface area is 373 Å². The van der Waals surface area contributed by atoms with Crippen LogP contribution < -0.4 is 4.90 Å². The van der Waals surface area contributed by atoms with Crippen LogP contribution in [-0.2, 0) is 0 Å². The molecule has 0 aliphatic heterocycles. The van der Waals surface area contributed by atoms with Crippen LogP contribution in [0.15, 0.2) is 224 Å². The Morgan fingerprint density at radius 2 is 0.635 bits per heavy atom. The van der Waals surface area contributed by atoms with Crippen molar-refractivity contribution >= 4 is 112 Å². The van der Waals surface area contributed by atoms with Gasteiger partial charge in [0.2, 0.25) is 0 Å². The molecule has 2 aromatic heterocycles. The topological polar surface area (TPSA) is 3.24 Å². The van der Waals surface area contributed by atoms with Crippen LogP contribution >= 0.6 is 22.7 Å². The van der Waals surface area contributed by atoms with E-state index in [1.54, 1.807) is 0 Å². The van der Waals surface area contributed by atoms with Crippen molar-refractivity contribution in [2.75, 3.05) is 4.90 Å². The van der Waals surface area contributed by atoms with Crippen molar-refractivity contribution in [3.8, 4) is 33.4 Å². The molecular formula is C60H37NS2. The van der Waals surface area contributed by atoms with Crippen molar-refractivity contribution in [1.82, 2.24) is 0 Å². The Bertz CT molecular complexity index is 3860. The van der Waals surface area contributed by atoms with E-state index in [1.165, 1.54) is 106 Å². The highest BCUT2D eigenvalue weighted by atomic mass is 32.1. The number of benzene rings is 11. The van der Waals surface area contributed by atoms with Gasteiger partial charge in [-0.25, -0.2) is 0 Å². The van der Waals surface area contributed by atoms with E-state index in [0.29, 0.717) is 0 Å². The molecule has 0 spiro atoms. The van der Waals surface area contributed by atoms with Crippen LogP contribution in [-0.4, -0.2) is 0 Å². The van der Waals surface area contributed by atoms with E-state index in [-0.39, 0.29) is 0 Å². The standard InChI is InChI=1S/C60H37NS2/c1-2-12-49-47(10-1)48-11-3-4-13-50(48)55-36-41(26-34-51(49)55)38-20-28-43(29-21-38)61(44-30-22-39(23-31-44)42-27-35-59-56(37-42)53-15-6-7-18-57(53)62-59)45-32-24-40(25-33-45)46-16-9-17-54-52-14-5-8-19-58(52)63-60(46)54/h1-37H. The third kappa shape index (κ3) is 5.96. The molecular weight excluding hydrogens is 799 g/mol. The van der Waals surface area contributed by atoms with Crippen LogP contribution in [0, 0.1) is 0 Å². The number of rotatable bonds is 6. The minimum Gasteiger partial charge on any atom is -0.311 e. The van der Waals surface area contributed by atoms with Gasteiger partial charge in [-0.05, 0) is 132 Å². The highest BCUT2D eigenvalue weighted by Gasteiger charge is 2.17. The van der Waals surface area contributed by atoms with Gasteiger partial charge >= 0.3 is 0 Å². The second-order valence-corrected chi connectivity index (χ2v) is 18.6. The summed E-state index contributed by atoms with van der Waals surface area (Å²) < 4.78 is 5.31. The predicted molar refractivity (Wildman–Crippen MR) is 276 cm³/mol. The van der Waals surface area contributed by atoms with Crippen LogP contribution in [0.5, 0.6) is 0 Å². The Morgan fingerprint density at radius 1 is 0.238 bits per heavy atom. The molecule has 0 atom stereocenters. The number of nitrogens with zero attached hydrogens (tertiary/aromatic N) is 1. The normalized spacial score (nSPS) is 11.8. The number of hydrogen-bond donors (Lipinski definition) is 0. The van der Waals surface area contributed by atoms with Crippen LogP contribution in [0.1, 0.15) is 0 Å². The largest absolute Gasteiger partial charge is 0.311 e. The van der Waals surface area contributed by atoms with Crippen molar-refractivity contribution in [2.45, 2.75) is 0 Å². The molecule has 1 nitrogen and oxygen atoms in total. The van der Waals surface area contributed by atoms with Crippen molar-refractivity contribution in [3.05, 3.63) is 224 Å². The smallest absolute Gasteiger partial charge is 0.0462 e. The van der Waals surface area contributed by atoms with Gasteiger partial charge in [0.05, 0.1) is 0 Å². The van der Waals surface area contributed by atoms with E-state index < -0.39 is 0 Å². The first kappa shape index (κ1) is 36.1.